The lowest BCUT2D eigenvalue weighted by atomic mass is 10.00. The zero-order valence-electron chi connectivity index (χ0n) is 17.2. The SMILES string of the molecule is CC/C=C\CC=CCC=CCC=CCC=CCC=CCC(CCC)C(=O)O. The average Bonchev–Trinajstić information content (AvgIpc) is 2.66. The molecular weight excluding hydrogens is 332 g/mol. The fourth-order valence-corrected chi connectivity index (χ4v) is 2.47. The molecule has 0 aliphatic carbocycles. The Morgan fingerprint density at radius 3 is 1.37 bits per heavy atom. The van der Waals surface area contributed by atoms with E-state index in [1.54, 1.807) is 0 Å². The maximum atomic E-state index is 11.0. The average molecular weight is 371 g/mol. The number of carboxylic acids is 1. The molecular formula is C25H38O2. The smallest absolute Gasteiger partial charge is 0.306 e. The minimum atomic E-state index is -0.684. The summed E-state index contributed by atoms with van der Waals surface area (Å²) < 4.78 is 0. The molecule has 0 aromatic rings. The third-order valence-electron chi connectivity index (χ3n) is 4.00. The third kappa shape index (κ3) is 18.5. The molecule has 0 heterocycles. The van der Waals surface area contributed by atoms with Gasteiger partial charge in [0.2, 0.25) is 0 Å². The summed E-state index contributed by atoms with van der Waals surface area (Å²) in [7, 11) is 0. The fraction of sp³-hybridized carbons (Fsp3) is 0.480. The molecule has 27 heavy (non-hydrogen) atoms. The Labute approximate surface area is 166 Å². The third-order valence-corrected chi connectivity index (χ3v) is 4.00. The lowest BCUT2D eigenvalue weighted by molar-refractivity contribution is -0.141. The van der Waals surface area contributed by atoms with E-state index in [2.05, 4.69) is 73.8 Å². The lowest BCUT2D eigenvalue weighted by Gasteiger charge is -2.06. The zero-order chi connectivity index (χ0) is 20.0. The van der Waals surface area contributed by atoms with Crippen LogP contribution in [-0.4, -0.2) is 11.1 Å². The molecule has 1 N–H and O–H groups in total. The molecule has 0 radical (unpaired) electrons. The van der Waals surface area contributed by atoms with Gasteiger partial charge in [0, 0.05) is 0 Å². The highest BCUT2D eigenvalue weighted by atomic mass is 16.4. The molecule has 2 heteroatoms. The normalized spacial score (nSPS) is 14.1. The van der Waals surface area contributed by atoms with Gasteiger partial charge in [-0.25, -0.2) is 0 Å². The van der Waals surface area contributed by atoms with Crippen LogP contribution in [0.2, 0.25) is 0 Å². The van der Waals surface area contributed by atoms with Crippen LogP contribution in [0, 0.1) is 5.92 Å². The summed E-state index contributed by atoms with van der Waals surface area (Å²) in [5.74, 6) is -0.920. The van der Waals surface area contributed by atoms with Crippen LogP contribution in [0.15, 0.2) is 72.9 Å². The van der Waals surface area contributed by atoms with Crippen LogP contribution >= 0.6 is 0 Å². The van der Waals surface area contributed by atoms with Crippen molar-refractivity contribution in [3.8, 4) is 0 Å². The topological polar surface area (TPSA) is 37.3 Å². The maximum Gasteiger partial charge on any atom is 0.306 e. The van der Waals surface area contributed by atoms with Crippen molar-refractivity contribution in [1.29, 1.82) is 0 Å². The molecule has 0 aromatic carbocycles. The fourth-order valence-electron chi connectivity index (χ4n) is 2.47. The van der Waals surface area contributed by atoms with Gasteiger partial charge in [-0.05, 0) is 51.4 Å². The molecule has 0 bridgehead atoms. The van der Waals surface area contributed by atoms with Gasteiger partial charge in [-0.3, -0.25) is 4.79 Å². The zero-order valence-corrected chi connectivity index (χ0v) is 17.2. The van der Waals surface area contributed by atoms with Crippen molar-refractivity contribution in [3.63, 3.8) is 0 Å². The second kappa shape index (κ2) is 20.2. The van der Waals surface area contributed by atoms with Gasteiger partial charge in [0.1, 0.15) is 0 Å². The Kier molecular flexibility index (Phi) is 18.7. The van der Waals surface area contributed by atoms with E-state index in [-0.39, 0.29) is 5.92 Å². The minimum Gasteiger partial charge on any atom is -0.481 e. The molecule has 1 atom stereocenters. The first kappa shape index (κ1) is 24.9. The van der Waals surface area contributed by atoms with Crippen LogP contribution < -0.4 is 0 Å². The van der Waals surface area contributed by atoms with E-state index >= 15 is 0 Å². The molecule has 2 nitrogen and oxygen atoms in total. The Hall–Kier alpha value is -2.09. The number of aliphatic carboxylic acids is 1. The number of hydrogen-bond donors (Lipinski definition) is 1. The van der Waals surface area contributed by atoms with E-state index in [4.69, 9.17) is 5.11 Å². The lowest BCUT2D eigenvalue weighted by Crippen LogP contribution is -2.12. The number of allylic oxidation sites excluding steroid dienone is 12. The van der Waals surface area contributed by atoms with E-state index in [0.29, 0.717) is 6.42 Å². The van der Waals surface area contributed by atoms with Gasteiger partial charge in [0.05, 0.1) is 5.92 Å². The van der Waals surface area contributed by atoms with Crippen LogP contribution in [0.5, 0.6) is 0 Å². The molecule has 0 aromatic heterocycles. The van der Waals surface area contributed by atoms with Crippen molar-refractivity contribution >= 4 is 5.97 Å². The number of hydrogen-bond acceptors (Lipinski definition) is 1. The molecule has 0 rings (SSSR count). The predicted molar refractivity (Wildman–Crippen MR) is 119 cm³/mol. The molecule has 0 aliphatic rings. The predicted octanol–water partition coefficient (Wildman–Crippen LogP) is 7.58. The Morgan fingerprint density at radius 2 is 1.04 bits per heavy atom. The Bertz CT molecular complexity index is 518. The molecule has 0 aliphatic heterocycles. The van der Waals surface area contributed by atoms with Crippen molar-refractivity contribution in [2.75, 3.05) is 0 Å². The van der Waals surface area contributed by atoms with E-state index < -0.39 is 5.97 Å². The van der Waals surface area contributed by atoms with Crippen LogP contribution in [0.25, 0.3) is 0 Å². The van der Waals surface area contributed by atoms with Crippen molar-refractivity contribution in [2.24, 2.45) is 5.92 Å². The van der Waals surface area contributed by atoms with Gasteiger partial charge in [0.15, 0.2) is 0 Å². The van der Waals surface area contributed by atoms with E-state index in [0.717, 1.165) is 51.4 Å². The quantitative estimate of drug-likeness (QED) is 0.284. The van der Waals surface area contributed by atoms with Gasteiger partial charge in [-0.15, -0.1) is 0 Å². The highest BCUT2D eigenvalue weighted by Crippen LogP contribution is 2.12. The summed E-state index contributed by atoms with van der Waals surface area (Å²) in [5, 5.41) is 9.08. The maximum absolute atomic E-state index is 11.0. The Balaban J connectivity index is 3.70. The first-order valence-electron chi connectivity index (χ1n) is 10.3. The first-order valence-corrected chi connectivity index (χ1v) is 10.3. The molecule has 0 amide bonds. The standard InChI is InChI=1S/C25H38O2/c1-3-5-6-7-8-9-10-11-12-13-14-15-16-17-18-19-20-21-23-24(22-4-2)25(26)27/h5-6,8-9,11-12,14-15,17-18,20-21,24H,3-4,7,10,13,16,19,22-23H2,1-2H3,(H,26,27)/b6-5-,9-8?,12-11?,15-14?,18-17?,21-20?. The van der Waals surface area contributed by atoms with Gasteiger partial charge < -0.3 is 5.11 Å². The number of carbonyl (C=O) groups is 1. The Morgan fingerprint density at radius 1 is 0.667 bits per heavy atom. The number of carboxylic acid groups (broad SMARTS) is 1. The number of rotatable bonds is 16. The summed E-state index contributed by atoms with van der Waals surface area (Å²) in [6.07, 6.45) is 34.1. The molecule has 1 unspecified atom stereocenters. The highest BCUT2D eigenvalue weighted by molar-refractivity contribution is 5.70. The second-order valence-electron chi connectivity index (χ2n) is 6.47. The molecule has 0 saturated heterocycles. The van der Waals surface area contributed by atoms with Crippen LogP contribution in [0.1, 0.15) is 71.6 Å². The summed E-state index contributed by atoms with van der Waals surface area (Å²) in [6.45, 7) is 4.17. The van der Waals surface area contributed by atoms with Crippen LogP contribution in [0.4, 0.5) is 0 Å². The van der Waals surface area contributed by atoms with Crippen molar-refractivity contribution < 1.29 is 9.90 Å². The van der Waals surface area contributed by atoms with Crippen molar-refractivity contribution in [2.45, 2.75) is 71.6 Å². The molecule has 0 fully saturated rings. The van der Waals surface area contributed by atoms with Crippen molar-refractivity contribution in [3.05, 3.63) is 72.9 Å². The molecule has 150 valence electrons. The minimum absolute atomic E-state index is 0.236. The summed E-state index contributed by atoms with van der Waals surface area (Å²) in [4.78, 5) is 11.0. The highest BCUT2D eigenvalue weighted by Gasteiger charge is 2.13. The van der Waals surface area contributed by atoms with E-state index in [1.807, 2.05) is 13.0 Å². The summed E-state index contributed by atoms with van der Waals surface area (Å²) in [5.41, 5.74) is 0. The van der Waals surface area contributed by atoms with Gasteiger partial charge in [-0.2, -0.15) is 0 Å². The van der Waals surface area contributed by atoms with Gasteiger partial charge in [-0.1, -0.05) is 93.2 Å². The van der Waals surface area contributed by atoms with E-state index in [9.17, 15) is 4.79 Å². The van der Waals surface area contributed by atoms with Crippen LogP contribution in [-0.2, 0) is 4.79 Å². The monoisotopic (exact) mass is 370 g/mol. The molecule has 0 saturated carbocycles. The summed E-state index contributed by atoms with van der Waals surface area (Å²) >= 11 is 0. The summed E-state index contributed by atoms with van der Waals surface area (Å²) in [6, 6.07) is 0. The molecule has 0 spiro atoms. The second-order valence-corrected chi connectivity index (χ2v) is 6.47. The van der Waals surface area contributed by atoms with Gasteiger partial charge in [0.25, 0.3) is 0 Å². The van der Waals surface area contributed by atoms with Crippen LogP contribution in [0.3, 0.4) is 0 Å². The first-order chi connectivity index (χ1) is 13.2. The van der Waals surface area contributed by atoms with Gasteiger partial charge >= 0.3 is 5.97 Å². The largest absolute Gasteiger partial charge is 0.481 e. The van der Waals surface area contributed by atoms with Crippen molar-refractivity contribution in [1.82, 2.24) is 0 Å². The van der Waals surface area contributed by atoms with E-state index in [1.165, 1.54) is 0 Å².